The van der Waals surface area contributed by atoms with E-state index in [2.05, 4.69) is 9.46 Å². The highest BCUT2D eigenvalue weighted by Crippen LogP contribution is 2.26. The molecule has 0 aliphatic rings. The standard InChI is InChI=1S/C9H12ClNO4S/c1-15-4-5-16(13,14)11-7-2-3-9(12)8(10)6-7/h2-3,6,11-12H,4-5H2,1H3. The first-order chi connectivity index (χ1) is 7.44. The fourth-order valence-corrected chi connectivity index (χ4v) is 2.15. The van der Waals surface area contributed by atoms with Crippen molar-refractivity contribution in [1.29, 1.82) is 0 Å². The van der Waals surface area contributed by atoms with Crippen LogP contribution >= 0.6 is 11.6 Å². The minimum absolute atomic E-state index is 0.0898. The smallest absolute Gasteiger partial charge is 0.235 e. The molecule has 1 aromatic carbocycles. The van der Waals surface area contributed by atoms with Gasteiger partial charge in [0.15, 0.2) is 0 Å². The number of methoxy groups -OCH3 is 1. The van der Waals surface area contributed by atoms with E-state index in [0.717, 1.165) is 0 Å². The zero-order valence-corrected chi connectivity index (χ0v) is 10.2. The van der Waals surface area contributed by atoms with Gasteiger partial charge in [0.25, 0.3) is 0 Å². The lowest BCUT2D eigenvalue weighted by Crippen LogP contribution is -2.19. The van der Waals surface area contributed by atoms with E-state index in [1.807, 2.05) is 0 Å². The van der Waals surface area contributed by atoms with Crippen LogP contribution in [0.1, 0.15) is 0 Å². The minimum atomic E-state index is -3.44. The summed E-state index contributed by atoms with van der Waals surface area (Å²) < 4.78 is 29.9. The van der Waals surface area contributed by atoms with Gasteiger partial charge in [-0.2, -0.15) is 0 Å². The second-order valence-electron chi connectivity index (χ2n) is 3.08. The third-order valence-electron chi connectivity index (χ3n) is 1.78. The van der Waals surface area contributed by atoms with Crippen LogP contribution in [0, 0.1) is 0 Å². The number of anilines is 1. The van der Waals surface area contributed by atoms with Gasteiger partial charge in [-0.1, -0.05) is 11.6 Å². The number of halogens is 1. The Morgan fingerprint density at radius 2 is 2.19 bits per heavy atom. The average molecular weight is 266 g/mol. The molecule has 0 spiro atoms. The number of ether oxygens (including phenoxy) is 1. The fourth-order valence-electron chi connectivity index (χ4n) is 0.994. The molecular weight excluding hydrogens is 254 g/mol. The fraction of sp³-hybridized carbons (Fsp3) is 0.333. The van der Waals surface area contributed by atoms with Crippen molar-refractivity contribution in [1.82, 2.24) is 0 Å². The van der Waals surface area contributed by atoms with E-state index >= 15 is 0 Å². The Balaban J connectivity index is 2.76. The van der Waals surface area contributed by atoms with Crippen LogP contribution in [0.2, 0.25) is 5.02 Å². The molecule has 0 aliphatic heterocycles. The topological polar surface area (TPSA) is 75.6 Å². The lowest BCUT2D eigenvalue weighted by Gasteiger charge is -2.08. The lowest BCUT2D eigenvalue weighted by molar-refractivity contribution is 0.217. The Morgan fingerprint density at radius 1 is 1.50 bits per heavy atom. The van der Waals surface area contributed by atoms with Crippen LogP contribution in [0.4, 0.5) is 5.69 Å². The maximum Gasteiger partial charge on any atom is 0.235 e. The molecule has 1 rings (SSSR count). The first-order valence-corrected chi connectivity index (χ1v) is 6.45. The first-order valence-electron chi connectivity index (χ1n) is 4.42. The van der Waals surface area contributed by atoms with E-state index in [1.165, 1.54) is 25.3 Å². The van der Waals surface area contributed by atoms with Gasteiger partial charge in [-0.15, -0.1) is 0 Å². The third kappa shape index (κ3) is 3.88. The Labute approximate surface area is 99.0 Å². The molecule has 0 fully saturated rings. The maximum atomic E-state index is 11.5. The van der Waals surface area contributed by atoms with Crippen LogP contribution < -0.4 is 4.72 Å². The second-order valence-corrected chi connectivity index (χ2v) is 5.33. The largest absolute Gasteiger partial charge is 0.506 e. The van der Waals surface area contributed by atoms with Crippen molar-refractivity contribution in [2.45, 2.75) is 0 Å². The first kappa shape index (κ1) is 13.1. The summed E-state index contributed by atoms with van der Waals surface area (Å²) in [5.74, 6) is -0.233. The summed E-state index contributed by atoms with van der Waals surface area (Å²) in [6.07, 6.45) is 0. The van der Waals surface area contributed by atoms with E-state index < -0.39 is 10.0 Å². The molecule has 0 atom stereocenters. The quantitative estimate of drug-likeness (QED) is 0.790. The minimum Gasteiger partial charge on any atom is -0.506 e. The third-order valence-corrected chi connectivity index (χ3v) is 3.33. The molecule has 0 unspecified atom stereocenters. The molecule has 16 heavy (non-hydrogen) atoms. The van der Waals surface area contributed by atoms with E-state index in [-0.39, 0.29) is 23.1 Å². The SMILES string of the molecule is COCCS(=O)(=O)Nc1ccc(O)c(Cl)c1. The molecule has 0 aliphatic carbocycles. The van der Waals surface area contributed by atoms with Gasteiger partial charge in [-0.25, -0.2) is 8.42 Å². The zero-order chi connectivity index (χ0) is 12.2. The van der Waals surface area contributed by atoms with Gasteiger partial charge in [0.2, 0.25) is 10.0 Å². The molecule has 90 valence electrons. The van der Waals surface area contributed by atoms with E-state index in [0.29, 0.717) is 5.69 Å². The summed E-state index contributed by atoms with van der Waals surface area (Å²) >= 11 is 5.64. The molecular formula is C9H12ClNO4S. The van der Waals surface area contributed by atoms with Gasteiger partial charge >= 0.3 is 0 Å². The highest BCUT2D eigenvalue weighted by molar-refractivity contribution is 7.92. The molecule has 0 bridgehead atoms. The monoisotopic (exact) mass is 265 g/mol. The number of phenolic OH excluding ortho intramolecular Hbond substituents is 1. The number of hydrogen-bond donors (Lipinski definition) is 2. The highest BCUT2D eigenvalue weighted by Gasteiger charge is 2.10. The normalized spacial score (nSPS) is 11.4. The molecule has 0 saturated heterocycles. The number of benzene rings is 1. The second kappa shape index (κ2) is 5.38. The van der Waals surface area contributed by atoms with Gasteiger partial charge < -0.3 is 9.84 Å². The number of sulfonamides is 1. The molecule has 1 aromatic rings. The van der Waals surface area contributed by atoms with Crippen LogP contribution in [0.3, 0.4) is 0 Å². The van der Waals surface area contributed by atoms with E-state index in [9.17, 15) is 8.42 Å². The Morgan fingerprint density at radius 3 is 2.75 bits per heavy atom. The Bertz CT molecular complexity index is 461. The summed E-state index contributed by atoms with van der Waals surface area (Å²) in [6, 6.07) is 4.07. The molecule has 0 heterocycles. The summed E-state index contributed by atoms with van der Waals surface area (Å²) in [7, 11) is -2.02. The summed E-state index contributed by atoms with van der Waals surface area (Å²) in [5.41, 5.74) is 0.305. The van der Waals surface area contributed by atoms with Crippen molar-refractivity contribution in [3.63, 3.8) is 0 Å². The number of rotatable bonds is 5. The molecule has 0 radical (unpaired) electrons. The van der Waals surface area contributed by atoms with Crippen LogP contribution in [-0.2, 0) is 14.8 Å². The number of aromatic hydroxyl groups is 1. The summed E-state index contributed by atoms with van der Waals surface area (Å²) in [4.78, 5) is 0. The maximum absolute atomic E-state index is 11.5. The number of nitrogens with one attached hydrogen (secondary N) is 1. The lowest BCUT2D eigenvalue weighted by atomic mass is 10.3. The number of phenols is 1. The van der Waals surface area contributed by atoms with Crippen LogP contribution in [0.25, 0.3) is 0 Å². The van der Waals surface area contributed by atoms with Gasteiger partial charge in [0.05, 0.1) is 23.1 Å². The van der Waals surface area contributed by atoms with Crippen LogP contribution in [-0.4, -0.2) is 33.0 Å². The van der Waals surface area contributed by atoms with Crippen molar-refractivity contribution in [3.8, 4) is 5.75 Å². The highest BCUT2D eigenvalue weighted by atomic mass is 35.5. The van der Waals surface area contributed by atoms with Gasteiger partial charge in [0, 0.05) is 7.11 Å². The van der Waals surface area contributed by atoms with Gasteiger partial charge in [-0.3, -0.25) is 4.72 Å². The molecule has 0 amide bonds. The molecule has 2 N–H and O–H groups in total. The van der Waals surface area contributed by atoms with Crippen molar-refractivity contribution < 1.29 is 18.3 Å². The molecule has 0 aromatic heterocycles. The summed E-state index contributed by atoms with van der Waals surface area (Å²) in [5, 5.41) is 9.24. The summed E-state index contributed by atoms with van der Waals surface area (Å²) in [6.45, 7) is 0.112. The molecule has 5 nitrogen and oxygen atoms in total. The Kier molecular flexibility index (Phi) is 4.40. The average Bonchev–Trinajstić information content (AvgIpc) is 2.20. The molecule has 7 heteroatoms. The number of hydrogen-bond acceptors (Lipinski definition) is 4. The molecule has 0 saturated carbocycles. The van der Waals surface area contributed by atoms with Crippen molar-refractivity contribution in [3.05, 3.63) is 23.2 Å². The Hall–Kier alpha value is -0.980. The van der Waals surface area contributed by atoms with Crippen LogP contribution in [0.15, 0.2) is 18.2 Å². The van der Waals surface area contributed by atoms with Gasteiger partial charge in [0.1, 0.15) is 5.75 Å². The van der Waals surface area contributed by atoms with Crippen molar-refractivity contribution in [2.75, 3.05) is 24.2 Å². The predicted octanol–water partition coefficient (Wildman–Crippen LogP) is 1.43. The van der Waals surface area contributed by atoms with E-state index in [1.54, 1.807) is 0 Å². The van der Waals surface area contributed by atoms with Crippen LogP contribution in [0.5, 0.6) is 5.75 Å². The van der Waals surface area contributed by atoms with Gasteiger partial charge in [-0.05, 0) is 18.2 Å². The zero-order valence-electron chi connectivity index (χ0n) is 8.60. The van der Waals surface area contributed by atoms with Crippen molar-refractivity contribution in [2.24, 2.45) is 0 Å². The predicted molar refractivity (Wildman–Crippen MR) is 62.4 cm³/mol. The van der Waals surface area contributed by atoms with Crippen molar-refractivity contribution >= 4 is 27.3 Å². The van der Waals surface area contributed by atoms with E-state index in [4.69, 9.17) is 16.7 Å².